The van der Waals surface area contributed by atoms with E-state index in [-0.39, 0.29) is 25.3 Å². The van der Waals surface area contributed by atoms with Gasteiger partial charge in [0.1, 0.15) is 18.6 Å². The van der Waals surface area contributed by atoms with Crippen molar-refractivity contribution in [2.75, 3.05) is 39.6 Å². The van der Waals surface area contributed by atoms with Gasteiger partial charge < -0.3 is 29.0 Å². The number of quaternary nitrogens is 1. The Bertz CT molecular complexity index is 608. The molecule has 0 saturated carbocycles. The molecular formula is C19H28NO6+. The summed E-state index contributed by atoms with van der Waals surface area (Å²) in [5.41, 5.74) is 0.981. The average Bonchev–Trinajstić information content (AvgIpc) is 3.10. The van der Waals surface area contributed by atoms with Crippen molar-refractivity contribution in [2.24, 2.45) is 5.92 Å². The number of benzene rings is 1. The van der Waals surface area contributed by atoms with E-state index >= 15 is 0 Å². The zero-order valence-corrected chi connectivity index (χ0v) is 15.2. The minimum absolute atomic E-state index is 0.0551. The number of nitrogens with one attached hydrogen (secondary N) is 1. The van der Waals surface area contributed by atoms with Crippen LogP contribution in [0.4, 0.5) is 0 Å². The largest absolute Gasteiger partial charge is 0.466 e. The topological polar surface area (TPSA) is 78.7 Å². The molecule has 0 spiro atoms. The van der Waals surface area contributed by atoms with Crippen LogP contribution in [0.1, 0.15) is 25.3 Å². The highest BCUT2D eigenvalue weighted by atomic mass is 16.7. The molecule has 2 heterocycles. The van der Waals surface area contributed by atoms with Crippen LogP contribution in [-0.4, -0.2) is 56.8 Å². The first kappa shape index (κ1) is 18.9. The summed E-state index contributed by atoms with van der Waals surface area (Å²) in [7, 11) is 0. The van der Waals surface area contributed by atoms with Crippen LogP contribution in [0, 0.1) is 5.92 Å². The number of ether oxygens (including phenoxy) is 4. The van der Waals surface area contributed by atoms with Gasteiger partial charge in [-0.05, 0) is 37.5 Å². The molecule has 2 N–H and O–H groups in total. The molecule has 0 amide bonds. The van der Waals surface area contributed by atoms with Gasteiger partial charge in [0.05, 0.1) is 32.9 Å². The van der Waals surface area contributed by atoms with E-state index in [1.807, 2.05) is 25.1 Å². The van der Waals surface area contributed by atoms with Gasteiger partial charge in [-0.25, -0.2) is 0 Å². The monoisotopic (exact) mass is 366 g/mol. The number of fused-ring (bicyclic) bond motifs is 1. The third-order valence-electron chi connectivity index (χ3n) is 4.78. The highest BCUT2D eigenvalue weighted by molar-refractivity contribution is 5.72. The molecule has 26 heavy (non-hydrogen) atoms. The molecule has 1 unspecified atom stereocenters. The fourth-order valence-corrected chi connectivity index (χ4v) is 3.53. The Labute approximate surface area is 153 Å². The quantitative estimate of drug-likeness (QED) is 0.638. The smallest absolute Gasteiger partial charge is 0.314 e. The second-order valence-corrected chi connectivity index (χ2v) is 6.86. The Kier molecular flexibility index (Phi) is 6.71. The van der Waals surface area contributed by atoms with E-state index in [0.29, 0.717) is 19.8 Å². The Morgan fingerprint density at radius 1 is 1.38 bits per heavy atom. The third-order valence-corrected chi connectivity index (χ3v) is 4.78. The van der Waals surface area contributed by atoms with E-state index in [2.05, 4.69) is 0 Å². The Morgan fingerprint density at radius 2 is 2.23 bits per heavy atom. The van der Waals surface area contributed by atoms with Crippen LogP contribution in [0.15, 0.2) is 18.2 Å². The van der Waals surface area contributed by atoms with E-state index in [9.17, 15) is 9.90 Å². The molecule has 1 fully saturated rings. The molecular weight excluding hydrogens is 338 g/mol. The Balaban J connectivity index is 1.38. The number of aliphatic hydroxyl groups excluding tert-OH is 1. The Hall–Kier alpha value is -1.83. The second-order valence-electron chi connectivity index (χ2n) is 6.86. The Morgan fingerprint density at radius 3 is 3.08 bits per heavy atom. The normalized spacial score (nSPS) is 22.8. The molecule has 3 rings (SSSR count). The van der Waals surface area contributed by atoms with E-state index in [4.69, 9.17) is 18.9 Å². The number of aliphatic hydroxyl groups is 1. The number of hydrogen-bond donors (Lipinski definition) is 2. The zero-order valence-electron chi connectivity index (χ0n) is 15.2. The maximum Gasteiger partial charge on any atom is 0.314 e. The van der Waals surface area contributed by atoms with Gasteiger partial charge in [-0.15, -0.1) is 0 Å². The number of carbonyl (C=O) groups excluding carboxylic acids is 1. The van der Waals surface area contributed by atoms with Gasteiger partial charge >= 0.3 is 5.97 Å². The first-order valence-corrected chi connectivity index (χ1v) is 9.30. The van der Waals surface area contributed by atoms with E-state index in [1.54, 1.807) is 0 Å². The van der Waals surface area contributed by atoms with E-state index < -0.39 is 6.10 Å². The lowest BCUT2D eigenvalue weighted by Crippen LogP contribution is -3.14. The van der Waals surface area contributed by atoms with Crippen LogP contribution < -0.4 is 14.4 Å². The van der Waals surface area contributed by atoms with Crippen LogP contribution in [0.3, 0.4) is 0 Å². The number of rotatable bonds is 8. The predicted octanol–water partition coefficient (Wildman–Crippen LogP) is 0.151. The minimum Gasteiger partial charge on any atom is -0.466 e. The lowest BCUT2D eigenvalue weighted by molar-refractivity contribution is -0.910. The lowest BCUT2D eigenvalue weighted by Gasteiger charge is -2.30. The lowest BCUT2D eigenvalue weighted by atomic mass is 9.98. The van der Waals surface area contributed by atoms with Crippen molar-refractivity contribution in [3.63, 3.8) is 0 Å². The summed E-state index contributed by atoms with van der Waals surface area (Å²) < 4.78 is 21.4. The highest BCUT2D eigenvalue weighted by Gasteiger charge is 2.30. The van der Waals surface area contributed by atoms with Crippen LogP contribution in [0.5, 0.6) is 11.5 Å². The molecule has 2 aliphatic rings. The molecule has 0 radical (unpaired) electrons. The fraction of sp³-hybridized carbons (Fsp3) is 0.632. The predicted molar refractivity (Wildman–Crippen MR) is 93.1 cm³/mol. The molecule has 1 saturated heterocycles. The van der Waals surface area contributed by atoms with Crippen molar-refractivity contribution >= 4 is 5.97 Å². The third kappa shape index (κ3) is 5.09. The van der Waals surface area contributed by atoms with Crippen LogP contribution in [0.25, 0.3) is 0 Å². The molecule has 2 aliphatic heterocycles. The van der Waals surface area contributed by atoms with Crippen LogP contribution in [-0.2, 0) is 20.9 Å². The summed E-state index contributed by atoms with van der Waals surface area (Å²) in [5, 5.41) is 10.3. The molecule has 7 nitrogen and oxygen atoms in total. The highest BCUT2D eigenvalue weighted by Crippen LogP contribution is 2.32. The fourth-order valence-electron chi connectivity index (χ4n) is 3.53. The van der Waals surface area contributed by atoms with Crippen molar-refractivity contribution < 1.29 is 33.7 Å². The summed E-state index contributed by atoms with van der Waals surface area (Å²) in [4.78, 5) is 13.1. The van der Waals surface area contributed by atoms with Gasteiger partial charge in [0.25, 0.3) is 0 Å². The number of esters is 1. The first-order chi connectivity index (χ1) is 12.7. The van der Waals surface area contributed by atoms with Gasteiger partial charge in [0.2, 0.25) is 6.79 Å². The molecule has 1 aromatic rings. The zero-order chi connectivity index (χ0) is 18.4. The van der Waals surface area contributed by atoms with Crippen LogP contribution >= 0.6 is 0 Å². The summed E-state index contributed by atoms with van der Waals surface area (Å²) in [6.45, 7) is 5.44. The number of carbonyl (C=O) groups is 1. The standard InChI is InChI=1S/C19H27NO6/c1-2-24-19(22)15-4-3-7-20(9-15)10-16(21)12-23-11-14-5-6-17-18(8-14)26-13-25-17/h5-6,8,15-16,21H,2-4,7,9-13H2,1H3/p+1/t15-,16-/m0/s1. The molecule has 3 atom stereocenters. The van der Waals surface area contributed by atoms with Gasteiger partial charge in [-0.3, -0.25) is 4.79 Å². The summed E-state index contributed by atoms with van der Waals surface area (Å²) in [6.07, 6.45) is 1.29. The van der Waals surface area contributed by atoms with Crippen molar-refractivity contribution in [3.8, 4) is 11.5 Å². The molecule has 7 heteroatoms. The van der Waals surface area contributed by atoms with Crippen molar-refractivity contribution in [1.82, 2.24) is 0 Å². The molecule has 144 valence electrons. The maximum atomic E-state index is 11.9. The van der Waals surface area contributed by atoms with Gasteiger partial charge in [-0.2, -0.15) is 0 Å². The summed E-state index contributed by atoms with van der Waals surface area (Å²) in [5.74, 6) is 1.31. The van der Waals surface area contributed by atoms with Crippen molar-refractivity contribution in [1.29, 1.82) is 0 Å². The molecule has 0 aromatic heterocycles. The average molecular weight is 366 g/mol. The summed E-state index contributed by atoms with van der Waals surface area (Å²) >= 11 is 0. The molecule has 0 bridgehead atoms. The van der Waals surface area contributed by atoms with Crippen molar-refractivity contribution in [3.05, 3.63) is 23.8 Å². The second kappa shape index (κ2) is 9.21. The molecule has 1 aromatic carbocycles. The van der Waals surface area contributed by atoms with Gasteiger partial charge in [0.15, 0.2) is 11.5 Å². The first-order valence-electron chi connectivity index (χ1n) is 9.30. The number of likely N-dealkylation sites (tertiary alicyclic amines) is 1. The van der Waals surface area contributed by atoms with Gasteiger partial charge in [0, 0.05) is 0 Å². The van der Waals surface area contributed by atoms with E-state index in [0.717, 1.165) is 43.0 Å². The molecule has 0 aliphatic carbocycles. The maximum absolute atomic E-state index is 11.9. The number of piperidine rings is 1. The van der Waals surface area contributed by atoms with Gasteiger partial charge in [-0.1, -0.05) is 6.07 Å². The van der Waals surface area contributed by atoms with Crippen molar-refractivity contribution in [2.45, 2.75) is 32.5 Å². The van der Waals surface area contributed by atoms with E-state index in [1.165, 1.54) is 4.90 Å². The minimum atomic E-state index is -0.556. The summed E-state index contributed by atoms with van der Waals surface area (Å²) in [6, 6.07) is 5.69. The number of hydrogen-bond acceptors (Lipinski definition) is 6. The van der Waals surface area contributed by atoms with Crippen LogP contribution in [0.2, 0.25) is 0 Å². The SMILES string of the molecule is CCOC(=O)[C@H]1CCC[NH+](C[C@H](O)COCc2ccc3c(c2)OCO3)C1.